The number of thiocarbonyl (C=S) groups is 1. The maximum atomic E-state index is 14.7. The molecule has 2 aromatic carbocycles. The molecule has 0 aliphatic rings. The van der Waals surface area contributed by atoms with Crippen molar-refractivity contribution < 1.29 is 27.2 Å². The van der Waals surface area contributed by atoms with Crippen LogP contribution in [0.4, 0.5) is 28.9 Å². The number of carbonyl (C=O) groups excluding carboxylic acids is 2. The van der Waals surface area contributed by atoms with Crippen LogP contribution in [0.2, 0.25) is 0 Å². The molecule has 0 bridgehead atoms. The summed E-state index contributed by atoms with van der Waals surface area (Å²) in [7, 11) is 1.36. The lowest BCUT2D eigenvalue weighted by Gasteiger charge is -2.38. The molecule has 1 unspecified atom stereocenters. The number of nitrogens with zero attached hydrogens (tertiary/aromatic N) is 2. The summed E-state index contributed by atoms with van der Waals surface area (Å²) in [5.74, 6) is 0.286. The number of hydrogen-bond acceptors (Lipinski definition) is 5. The third-order valence-electron chi connectivity index (χ3n) is 5.81. The molecule has 1 atom stereocenters. The monoisotopic (exact) mass is 546 g/mol. The van der Waals surface area contributed by atoms with Gasteiger partial charge in [0.05, 0.1) is 33.4 Å². The summed E-state index contributed by atoms with van der Waals surface area (Å²) >= 11 is 5.27. The molecule has 0 spiro atoms. The Bertz CT molecular complexity index is 1310. The molecule has 0 fully saturated rings. The molecule has 2 rings (SSSR count). The first-order valence-electron chi connectivity index (χ1n) is 11.5. The molecule has 2 N–H and O–H groups in total. The van der Waals surface area contributed by atoms with Gasteiger partial charge in [-0.1, -0.05) is 25.6 Å². The Kier molecular flexibility index (Phi) is 9.97. The second kappa shape index (κ2) is 12.5. The third kappa shape index (κ3) is 6.67. The molecule has 0 radical (unpaired) electrons. The van der Waals surface area contributed by atoms with Crippen LogP contribution < -0.4 is 15.5 Å². The predicted molar refractivity (Wildman–Crippen MR) is 141 cm³/mol. The van der Waals surface area contributed by atoms with Crippen molar-refractivity contribution in [2.75, 3.05) is 17.3 Å². The quantitative estimate of drug-likeness (QED) is 0.235. The average molecular weight is 547 g/mol. The zero-order chi connectivity index (χ0) is 28.7. The van der Waals surface area contributed by atoms with E-state index in [-0.39, 0.29) is 41.2 Å². The number of rotatable bonds is 9. The van der Waals surface area contributed by atoms with Crippen LogP contribution in [-0.4, -0.2) is 29.4 Å². The van der Waals surface area contributed by atoms with Gasteiger partial charge in [0.2, 0.25) is 0 Å². The lowest BCUT2D eigenvalue weighted by Crippen LogP contribution is -2.55. The Labute approximate surface area is 224 Å². The van der Waals surface area contributed by atoms with E-state index in [0.717, 1.165) is 17.0 Å². The molecule has 200 valence electrons. The summed E-state index contributed by atoms with van der Waals surface area (Å²) in [4.78, 5) is 26.9. The number of nitrogens with one attached hydrogen (secondary N) is 2. The van der Waals surface area contributed by atoms with E-state index >= 15 is 0 Å². The van der Waals surface area contributed by atoms with E-state index < -0.39 is 40.5 Å². The minimum absolute atomic E-state index is 0.0445. The smallest absolute Gasteiger partial charge is 0.371 e. The minimum atomic E-state index is -4.85. The van der Waals surface area contributed by atoms with E-state index in [4.69, 9.17) is 23.9 Å². The van der Waals surface area contributed by atoms with E-state index in [9.17, 15) is 27.2 Å². The fourth-order valence-corrected chi connectivity index (χ4v) is 4.27. The number of nitriles is 1. The van der Waals surface area contributed by atoms with Gasteiger partial charge >= 0.3 is 6.18 Å². The van der Waals surface area contributed by atoms with Crippen LogP contribution in [0.15, 0.2) is 36.4 Å². The minimum Gasteiger partial charge on any atom is -0.371 e. The average Bonchev–Trinajstić information content (AvgIpc) is 2.86. The number of halogens is 4. The fourth-order valence-electron chi connectivity index (χ4n) is 4.08. The summed E-state index contributed by atoms with van der Waals surface area (Å²) in [6, 6.07) is 8.09. The molecule has 0 heterocycles. The van der Waals surface area contributed by atoms with Gasteiger partial charge in [-0.25, -0.2) is 4.39 Å². The lowest BCUT2D eigenvalue weighted by molar-refractivity contribution is -0.137. The number of hydrogen-bond donors (Lipinski definition) is 2. The standard InChI is InChI=1S/C27H26F4N4O2S/c1-5-7-13-26(12-6-2,34-19-9-11-21(23(28)14-19)24(36)33-4)25(37)35(17(3)38)20-10-8-18(16-32)22(15-20)27(29,30)31/h1,8-11,14-15,34H,6-7,12-13H2,2-4H3,(H,33,36). The highest BCUT2D eigenvalue weighted by Gasteiger charge is 2.42. The highest BCUT2D eigenvalue weighted by molar-refractivity contribution is 7.80. The summed E-state index contributed by atoms with van der Waals surface area (Å²) in [5, 5.41) is 14.5. The molecule has 0 aromatic heterocycles. The summed E-state index contributed by atoms with van der Waals surface area (Å²) in [5.41, 5.74) is -3.54. The number of terminal acetylenes is 1. The van der Waals surface area contributed by atoms with E-state index in [1.54, 1.807) is 6.92 Å². The first-order valence-corrected chi connectivity index (χ1v) is 12.0. The molecule has 0 saturated heterocycles. The van der Waals surface area contributed by atoms with E-state index in [1.165, 1.54) is 38.2 Å². The van der Waals surface area contributed by atoms with Gasteiger partial charge in [0.15, 0.2) is 0 Å². The zero-order valence-electron chi connectivity index (χ0n) is 21.0. The van der Waals surface area contributed by atoms with Gasteiger partial charge in [-0.05, 0) is 56.2 Å². The van der Waals surface area contributed by atoms with Crippen molar-refractivity contribution in [1.29, 1.82) is 5.26 Å². The van der Waals surface area contributed by atoms with Crippen molar-refractivity contribution in [2.24, 2.45) is 0 Å². The topological polar surface area (TPSA) is 85.2 Å². The number of carbonyl (C=O) groups is 2. The normalized spacial score (nSPS) is 12.4. The summed E-state index contributed by atoms with van der Waals surface area (Å²) in [6.07, 6.45) is 1.42. The van der Waals surface area contributed by atoms with Crippen molar-refractivity contribution >= 4 is 40.4 Å². The van der Waals surface area contributed by atoms with Gasteiger partial charge in [-0.15, -0.1) is 12.3 Å². The van der Waals surface area contributed by atoms with Gasteiger partial charge in [0.1, 0.15) is 11.4 Å². The van der Waals surface area contributed by atoms with Crippen LogP contribution in [0, 0.1) is 29.5 Å². The molecule has 0 aliphatic carbocycles. The van der Waals surface area contributed by atoms with Crippen molar-refractivity contribution in [3.8, 4) is 18.4 Å². The molecule has 0 saturated carbocycles. The number of amides is 2. The molecular weight excluding hydrogens is 520 g/mol. The van der Waals surface area contributed by atoms with Crippen molar-refractivity contribution in [3.63, 3.8) is 0 Å². The van der Waals surface area contributed by atoms with Gasteiger partial charge < -0.3 is 10.6 Å². The van der Waals surface area contributed by atoms with Crippen molar-refractivity contribution in [3.05, 3.63) is 58.9 Å². The van der Waals surface area contributed by atoms with E-state index in [2.05, 4.69) is 16.6 Å². The fraction of sp³-hybridized carbons (Fsp3) is 0.333. The number of alkyl halides is 3. The van der Waals surface area contributed by atoms with Crippen LogP contribution in [0.1, 0.15) is 61.0 Å². The van der Waals surface area contributed by atoms with Crippen LogP contribution in [0.25, 0.3) is 0 Å². The number of benzene rings is 2. The Hall–Kier alpha value is -3.96. The first kappa shape index (κ1) is 30.3. The van der Waals surface area contributed by atoms with Crippen LogP contribution in [0.3, 0.4) is 0 Å². The Morgan fingerprint density at radius 3 is 2.34 bits per heavy atom. The SMILES string of the molecule is C#CCCC(CCC)(Nc1ccc(C(=O)NC)c(F)c1)C(=O)N(C(C)=S)c1ccc(C#N)c(C(F)(F)F)c1. The van der Waals surface area contributed by atoms with Gasteiger partial charge in [0, 0.05) is 19.2 Å². The van der Waals surface area contributed by atoms with Gasteiger partial charge in [-0.2, -0.15) is 18.4 Å². The number of anilines is 2. The Balaban J connectivity index is 2.68. The van der Waals surface area contributed by atoms with E-state index in [0.29, 0.717) is 12.5 Å². The zero-order valence-corrected chi connectivity index (χ0v) is 21.8. The molecule has 11 heteroatoms. The largest absolute Gasteiger partial charge is 0.417 e. The maximum absolute atomic E-state index is 14.7. The second-order valence-corrected chi connectivity index (χ2v) is 9.02. The lowest BCUT2D eigenvalue weighted by atomic mass is 9.85. The molecule has 6 nitrogen and oxygen atoms in total. The summed E-state index contributed by atoms with van der Waals surface area (Å²) < 4.78 is 55.7. The Morgan fingerprint density at radius 2 is 1.84 bits per heavy atom. The van der Waals surface area contributed by atoms with Crippen molar-refractivity contribution in [2.45, 2.75) is 51.2 Å². The third-order valence-corrected chi connectivity index (χ3v) is 5.99. The highest BCUT2D eigenvalue weighted by Crippen LogP contribution is 2.36. The molecule has 38 heavy (non-hydrogen) atoms. The first-order chi connectivity index (χ1) is 17.8. The van der Waals surface area contributed by atoms with Crippen LogP contribution >= 0.6 is 12.2 Å². The molecule has 2 amide bonds. The summed E-state index contributed by atoms with van der Waals surface area (Å²) in [6.45, 7) is 3.18. The van der Waals surface area contributed by atoms with Gasteiger partial charge in [-0.3, -0.25) is 14.5 Å². The van der Waals surface area contributed by atoms with Crippen molar-refractivity contribution in [1.82, 2.24) is 5.32 Å². The van der Waals surface area contributed by atoms with E-state index in [1.807, 2.05) is 0 Å². The van der Waals surface area contributed by atoms with Crippen LogP contribution in [-0.2, 0) is 11.0 Å². The predicted octanol–water partition coefficient (Wildman–Crippen LogP) is 5.82. The molecule has 0 aliphatic heterocycles. The van der Waals surface area contributed by atoms with Gasteiger partial charge in [0.25, 0.3) is 11.8 Å². The highest BCUT2D eigenvalue weighted by atomic mass is 32.1. The second-order valence-electron chi connectivity index (χ2n) is 8.43. The molecule has 2 aromatic rings. The molecular formula is C27H26F4N4O2S. The Morgan fingerprint density at radius 1 is 1.16 bits per heavy atom. The van der Waals surface area contributed by atoms with Crippen LogP contribution in [0.5, 0.6) is 0 Å². The maximum Gasteiger partial charge on any atom is 0.417 e.